The quantitative estimate of drug-likeness (QED) is 0.895. The maximum atomic E-state index is 12.3. The highest BCUT2D eigenvalue weighted by Crippen LogP contribution is 2.28. The molecule has 0 aromatic heterocycles. The lowest BCUT2D eigenvalue weighted by Crippen LogP contribution is -2.32. The van der Waals surface area contributed by atoms with Gasteiger partial charge in [0.05, 0.1) is 0 Å². The van der Waals surface area contributed by atoms with E-state index in [1.165, 1.54) is 18.5 Å². The summed E-state index contributed by atoms with van der Waals surface area (Å²) in [7, 11) is 0. The van der Waals surface area contributed by atoms with Crippen molar-refractivity contribution >= 4 is 17.3 Å². The number of amides is 1. The maximum Gasteiger partial charge on any atom is 0.224 e. The van der Waals surface area contributed by atoms with Crippen LogP contribution in [0.15, 0.2) is 24.3 Å². The summed E-state index contributed by atoms with van der Waals surface area (Å²) >= 11 is 0. The summed E-state index contributed by atoms with van der Waals surface area (Å²) in [5.74, 6) is 1.27. The van der Waals surface area contributed by atoms with Crippen molar-refractivity contribution in [3.05, 3.63) is 24.3 Å². The molecule has 1 aromatic rings. The third-order valence-corrected chi connectivity index (χ3v) is 5.44. The van der Waals surface area contributed by atoms with Crippen LogP contribution in [0, 0.1) is 11.8 Å². The van der Waals surface area contributed by atoms with Gasteiger partial charge >= 0.3 is 0 Å². The molecule has 4 heteroatoms. The van der Waals surface area contributed by atoms with E-state index in [1.54, 1.807) is 0 Å². The standard InChI is InChI=1S/C19H29N3O/c1-14-8-10-22(11-9-14)17-6-3-5-16(13-17)21-19(23)12-15-4-2-7-18(15)20/h3,5-6,13-15,18H,2,4,7-12,20H2,1H3,(H,21,23)/t15-,18+/m0/s1. The fourth-order valence-corrected chi connectivity index (χ4v) is 3.82. The average molecular weight is 315 g/mol. The topological polar surface area (TPSA) is 58.4 Å². The highest BCUT2D eigenvalue weighted by Gasteiger charge is 2.26. The molecule has 0 bridgehead atoms. The molecule has 126 valence electrons. The van der Waals surface area contributed by atoms with E-state index in [2.05, 4.69) is 29.3 Å². The zero-order valence-corrected chi connectivity index (χ0v) is 14.1. The van der Waals surface area contributed by atoms with E-state index in [4.69, 9.17) is 5.73 Å². The summed E-state index contributed by atoms with van der Waals surface area (Å²) in [5, 5.41) is 3.06. The molecule has 1 aliphatic heterocycles. The fraction of sp³-hybridized carbons (Fsp3) is 0.632. The Bertz CT molecular complexity index is 537. The van der Waals surface area contributed by atoms with Gasteiger partial charge < -0.3 is 16.0 Å². The van der Waals surface area contributed by atoms with Gasteiger partial charge in [-0.05, 0) is 55.7 Å². The lowest BCUT2D eigenvalue weighted by Gasteiger charge is -2.32. The number of piperidine rings is 1. The van der Waals surface area contributed by atoms with Gasteiger partial charge in [-0.3, -0.25) is 4.79 Å². The van der Waals surface area contributed by atoms with Crippen LogP contribution in [0.1, 0.15) is 45.4 Å². The Balaban J connectivity index is 1.57. The summed E-state index contributed by atoms with van der Waals surface area (Å²) in [5.41, 5.74) is 8.18. The number of nitrogens with zero attached hydrogens (tertiary/aromatic N) is 1. The molecule has 1 heterocycles. The molecular weight excluding hydrogens is 286 g/mol. The van der Waals surface area contributed by atoms with Crippen LogP contribution < -0.4 is 16.0 Å². The van der Waals surface area contributed by atoms with E-state index in [9.17, 15) is 4.79 Å². The van der Waals surface area contributed by atoms with Gasteiger partial charge in [-0.1, -0.05) is 19.4 Å². The molecular formula is C19H29N3O. The Morgan fingerprint density at radius 1 is 1.26 bits per heavy atom. The van der Waals surface area contributed by atoms with Gasteiger partial charge in [0.1, 0.15) is 0 Å². The van der Waals surface area contributed by atoms with Crippen LogP contribution in [0.3, 0.4) is 0 Å². The van der Waals surface area contributed by atoms with Crippen molar-refractivity contribution in [3.63, 3.8) is 0 Å². The molecule has 0 radical (unpaired) electrons. The predicted octanol–water partition coefficient (Wildman–Crippen LogP) is 3.38. The molecule has 23 heavy (non-hydrogen) atoms. The summed E-state index contributed by atoms with van der Waals surface area (Å²) in [6.45, 7) is 4.53. The molecule has 3 N–H and O–H groups in total. The number of carbonyl (C=O) groups is 1. The van der Waals surface area contributed by atoms with Crippen LogP contribution in [-0.4, -0.2) is 25.0 Å². The van der Waals surface area contributed by atoms with Gasteiger partial charge in [0.25, 0.3) is 0 Å². The van der Waals surface area contributed by atoms with E-state index < -0.39 is 0 Å². The first-order valence-corrected chi connectivity index (χ1v) is 9.02. The molecule has 3 rings (SSSR count). The molecule has 0 unspecified atom stereocenters. The van der Waals surface area contributed by atoms with Crippen molar-refractivity contribution in [1.82, 2.24) is 0 Å². The van der Waals surface area contributed by atoms with Gasteiger partial charge in [0.2, 0.25) is 5.91 Å². The van der Waals surface area contributed by atoms with E-state index in [-0.39, 0.29) is 11.9 Å². The van der Waals surface area contributed by atoms with Crippen LogP contribution in [0.5, 0.6) is 0 Å². The summed E-state index contributed by atoms with van der Waals surface area (Å²) < 4.78 is 0. The van der Waals surface area contributed by atoms with Crippen LogP contribution in [0.25, 0.3) is 0 Å². The highest BCUT2D eigenvalue weighted by molar-refractivity contribution is 5.91. The van der Waals surface area contributed by atoms with Crippen LogP contribution in [-0.2, 0) is 4.79 Å². The zero-order valence-electron chi connectivity index (χ0n) is 14.1. The molecule has 1 aromatic carbocycles. The highest BCUT2D eigenvalue weighted by atomic mass is 16.1. The minimum absolute atomic E-state index is 0.0942. The number of nitrogens with two attached hydrogens (primary N) is 1. The average Bonchev–Trinajstić information content (AvgIpc) is 2.93. The first-order chi connectivity index (χ1) is 11.1. The van der Waals surface area contributed by atoms with E-state index in [0.717, 1.165) is 44.0 Å². The number of benzene rings is 1. The SMILES string of the molecule is CC1CCN(c2cccc(NC(=O)C[C@@H]3CCC[C@H]3N)c2)CC1. The Morgan fingerprint density at radius 3 is 2.74 bits per heavy atom. The predicted molar refractivity (Wildman–Crippen MR) is 95.6 cm³/mol. The second-order valence-electron chi connectivity index (χ2n) is 7.33. The van der Waals surface area contributed by atoms with Gasteiger partial charge in [0, 0.05) is 36.9 Å². The van der Waals surface area contributed by atoms with Crippen molar-refractivity contribution in [2.24, 2.45) is 17.6 Å². The monoisotopic (exact) mass is 315 g/mol. The number of hydrogen-bond donors (Lipinski definition) is 2. The molecule has 1 aliphatic carbocycles. The summed E-state index contributed by atoms with van der Waals surface area (Å²) in [4.78, 5) is 14.7. The molecule has 2 atom stereocenters. The van der Waals surface area contributed by atoms with Crippen molar-refractivity contribution in [3.8, 4) is 0 Å². The smallest absolute Gasteiger partial charge is 0.224 e. The van der Waals surface area contributed by atoms with Crippen molar-refractivity contribution in [2.45, 2.75) is 51.5 Å². The molecule has 1 saturated carbocycles. The Kier molecular flexibility index (Phi) is 5.21. The van der Waals surface area contributed by atoms with Gasteiger partial charge in [-0.25, -0.2) is 0 Å². The van der Waals surface area contributed by atoms with Crippen LogP contribution in [0.2, 0.25) is 0 Å². The minimum atomic E-state index is 0.0942. The lowest BCUT2D eigenvalue weighted by atomic mass is 9.98. The molecule has 2 fully saturated rings. The number of anilines is 2. The van der Waals surface area contributed by atoms with Crippen molar-refractivity contribution < 1.29 is 4.79 Å². The van der Waals surface area contributed by atoms with Gasteiger partial charge in [0.15, 0.2) is 0 Å². The third kappa shape index (κ3) is 4.25. The van der Waals surface area contributed by atoms with E-state index in [1.807, 2.05) is 12.1 Å². The van der Waals surface area contributed by atoms with Crippen molar-refractivity contribution in [2.75, 3.05) is 23.3 Å². The largest absolute Gasteiger partial charge is 0.371 e. The third-order valence-electron chi connectivity index (χ3n) is 5.44. The molecule has 1 amide bonds. The molecule has 4 nitrogen and oxygen atoms in total. The van der Waals surface area contributed by atoms with Gasteiger partial charge in [-0.2, -0.15) is 0 Å². The van der Waals surface area contributed by atoms with Gasteiger partial charge in [-0.15, -0.1) is 0 Å². The first kappa shape index (κ1) is 16.3. The molecule has 2 aliphatic rings. The number of rotatable bonds is 4. The van der Waals surface area contributed by atoms with Crippen molar-refractivity contribution in [1.29, 1.82) is 0 Å². The Labute approximate surface area is 139 Å². The fourth-order valence-electron chi connectivity index (χ4n) is 3.82. The number of carbonyl (C=O) groups excluding carboxylic acids is 1. The first-order valence-electron chi connectivity index (χ1n) is 9.02. The normalized spacial score (nSPS) is 25.6. The van der Waals surface area contributed by atoms with Crippen LogP contribution >= 0.6 is 0 Å². The molecule has 0 spiro atoms. The Morgan fingerprint density at radius 2 is 2.04 bits per heavy atom. The van der Waals surface area contributed by atoms with E-state index >= 15 is 0 Å². The van der Waals surface area contributed by atoms with Crippen LogP contribution in [0.4, 0.5) is 11.4 Å². The maximum absolute atomic E-state index is 12.3. The lowest BCUT2D eigenvalue weighted by molar-refractivity contribution is -0.117. The molecule has 1 saturated heterocycles. The Hall–Kier alpha value is -1.55. The second-order valence-corrected chi connectivity index (χ2v) is 7.33. The zero-order chi connectivity index (χ0) is 16.2. The summed E-state index contributed by atoms with van der Waals surface area (Å²) in [6.07, 6.45) is 6.34. The summed E-state index contributed by atoms with van der Waals surface area (Å²) in [6, 6.07) is 8.44. The van der Waals surface area contributed by atoms with E-state index in [0.29, 0.717) is 12.3 Å². The number of nitrogens with one attached hydrogen (secondary N) is 1. The minimum Gasteiger partial charge on any atom is -0.371 e. The number of hydrogen-bond acceptors (Lipinski definition) is 3. The second kappa shape index (κ2) is 7.35.